The number of rotatable bonds is 2. The van der Waals surface area contributed by atoms with Gasteiger partial charge in [-0.05, 0) is 30.2 Å². The Morgan fingerprint density at radius 1 is 1.12 bits per heavy atom. The van der Waals surface area contributed by atoms with E-state index in [-0.39, 0.29) is 11.3 Å². The lowest BCUT2D eigenvalue weighted by atomic mass is 9.85. The summed E-state index contributed by atoms with van der Waals surface area (Å²) in [4.78, 5) is 22.8. The summed E-state index contributed by atoms with van der Waals surface area (Å²) in [5.41, 5.74) is 6.34. The van der Waals surface area contributed by atoms with Gasteiger partial charge in [0.25, 0.3) is 0 Å². The molecule has 3 N–H and O–H groups in total. The predicted molar refractivity (Wildman–Crippen MR) is 106 cm³/mol. The number of nitrogens with zero attached hydrogens (tertiary/aromatic N) is 5. The summed E-state index contributed by atoms with van der Waals surface area (Å²) in [7, 11) is 1.54. The molecule has 0 amide bonds. The van der Waals surface area contributed by atoms with E-state index in [1.54, 1.807) is 12.1 Å². The average molecular weight is 492 g/mol. The van der Waals surface area contributed by atoms with Crippen molar-refractivity contribution < 1.29 is 36.2 Å². The average Bonchev–Trinajstić information content (AvgIpc) is 3.04. The van der Waals surface area contributed by atoms with Gasteiger partial charge in [-0.2, -0.15) is 17.7 Å². The predicted octanol–water partition coefficient (Wildman–Crippen LogP) is 1.80. The topological polar surface area (TPSA) is 119 Å². The molecule has 9 nitrogen and oxygen atoms in total. The second-order valence-corrected chi connectivity index (χ2v) is 7.46. The highest BCUT2D eigenvalue weighted by atomic mass is 19.4. The lowest BCUT2D eigenvalue weighted by Gasteiger charge is -2.37. The van der Waals surface area contributed by atoms with Crippen LogP contribution in [0.5, 0.6) is 0 Å². The summed E-state index contributed by atoms with van der Waals surface area (Å²) in [6.45, 7) is 0.806. The minimum absolute atomic E-state index is 0.0768. The van der Waals surface area contributed by atoms with Crippen molar-refractivity contribution in [1.29, 1.82) is 0 Å². The van der Waals surface area contributed by atoms with Crippen LogP contribution in [0.15, 0.2) is 29.1 Å². The fourth-order valence-corrected chi connectivity index (χ4v) is 3.52. The number of piperidine rings is 1. The normalized spacial score (nSPS) is 18.5. The van der Waals surface area contributed by atoms with Crippen molar-refractivity contribution in [3.05, 3.63) is 57.8 Å². The van der Waals surface area contributed by atoms with E-state index >= 15 is 0 Å². The largest absolute Gasteiger partial charge is 0.490 e. The van der Waals surface area contributed by atoms with Crippen molar-refractivity contribution in [3.63, 3.8) is 0 Å². The molecule has 0 bridgehead atoms. The number of halogens is 6. The van der Waals surface area contributed by atoms with Crippen LogP contribution in [-0.4, -0.2) is 55.8 Å². The Balaban J connectivity index is 0.000000406. The zero-order chi connectivity index (χ0) is 25.4. The molecule has 34 heavy (non-hydrogen) atoms. The molecule has 0 aliphatic carbocycles. The first-order valence-electron chi connectivity index (χ1n) is 9.67. The quantitative estimate of drug-likeness (QED) is 0.414. The SMILES string of the molecule is Cn1nc2ccc(N3CC[C@H](c4cc(F)c(F)cc4F)[C@@H](N)C3)nn2c1=O.O=C(O)C(F)(F)F. The van der Waals surface area contributed by atoms with E-state index in [0.717, 1.165) is 6.07 Å². The van der Waals surface area contributed by atoms with E-state index in [9.17, 15) is 31.1 Å². The van der Waals surface area contributed by atoms with Crippen LogP contribution in [0.1, 0.15) is 17.9 Å². The minimum atomic E-state index is -5.08. The van der Waals surface area contributed by atoms with Gasteiger partial charge in [0.15, 0.2) is 17.3 Å². The van der Waals surface area contributed by atoms with Crippen LogP contribution in [0.2, 0.25) is 0 Å². The van der Waals surface area contributed by atoms with E-state index in [4.69, 9.17) is 15.6 Å². The van der Waals surface area contributed by atoms with Crippen LogP contribution >= 0.6 is 0 Å². The van der Waals surface area contributed by atoms with Crippen LogP contribution in [-0.2, 0) is 11.8 Å². The Kier molecular flexibility index (Phi) is 6.86. The summed E-state index contributed by atoms with van der Waals surface area (Å²) in [6.07, 6.45) is -4.65. The first-order chi connectivity index (χ1) is 15.8. The monoisotopic (exact) mass is 492 g/mol. The molecular formula is C19H18F6N6O3. The second-order valence-electron chi connectivity index (χ2n) is 7.46. The number of carbonyl (C=O) groups is 1. The zero-order valence-electron chi connectivity index (χ0n) is 17.4. The maximum Gasteiger partial charge on any atom is 0.490 e. The molecule has 2 aromatic heterocycles. The van der Waals surface area contributed by atoms with Gasteiger partial charge in [-0.25, -0.2) is 27.4 Å². The fourth-order valence-electron chi connectivity index (χ4n) is 3.52. The molecule has 0 spiro atoms. The lowest BCUT2D eigenvalue weighted by molar-refractivity contribution is -0.192. The number of aryl methyl sites for hydroxylation is 1. The van der Waals surface area contributed by atoms with Crippen LogP contribution in [0.4, 0.5) is 32.2 Å². The van der Waals surface area contributed by atoms with Gasteiger partial charge in [-0.15, -0.1) is 10.2 Å². The smallest absolute Gasteiger partial charge is 0.475 e. The lowest BCUT2D eigenvalue weighted by Crippen LogP contribution is -2.48. The van der Waals surface area contributed by atoms with E-state index in [0.29, 0.717) is 37.0 Å². The van der Waals surface area contributed by atoms with E-state index in [1.807, 2.05) is 4.90 Å². The van der Waals surface area contributed by atoms with Gasteiger partial charge in [0, 0.05) is 38.2 Å². The van der Waals surface area contributed by atoms with Crippen LogP contribution in [0.3, 0.4) is 0 Å². The Labute approximate surface area is 187 Å². The molecule has 184 valence electrons. The van der Waals surface area contributed by atoms with Gasteiger partial charge in [-0.1, -0.05) is 0 Å². The van der Waals surface area contributed by atoms with Crippen molar-refractivity contribution in [2.75, 3.05) is 18.0 Å². The third-order valence-electron chi connectivity index (χ3n) is 5.18. The molecule has 1 saturated heterocycles. The Bertz CT molecular complexity index is 1270. The Morgan fingerprint density at radius 2 is 1.74 bits per heavy atom. The number of nitrogens with two attached hydrogens (primary N) is 1. The number of carboxylic acid groups (broad SMARTS) is 1. The van der Waals surface area contributed by atoms with Crippen LogP contribution in [0, 0.1) is 17.5 Å². The van der Waals surface area contributed by atoms with Crippen molar-refractivity contribution in [2.24, 2.45) is 12.8 Å². The Morgan fingerprint density at radius 3 is 2.32 bits per heavy atom. The molecule has 0 radical (unpaired) electrons. The molecular weight excluding hydrogens is 474 g/mol. The fraction of sp³-hybridized carbons (Fsp3) is 0.368. The standard InChI is InChI=1S/C17H17F3N6O.C2HF3O2/c1-24-17(27)26-16(22-24)3-2-15(23-26)25-5-4-9(14(21)8-25)10-6-12(19)13(20)7-11(10)18;3-2(4,5)1(6)7/h2-3,6-7,9,14H,4-5,8,21H2,1H3;(H,6,7)/t9-,14+;/m1./s1. The summed E-state index contributed by atoms with van der Waals surface area (Å²) in [6, 6.07) is 4.32. The number of aliphatic carboxylic acids is 1. The van der Waals surface area contributed by atoms with Gasteiger partial charge < -0.3 is 15.7 Å². The van der Waals surface area contributed by atoms with Gasteiger partial charge >= 0.3 is 17.8 Å². The Hall–Kier alpha value is -3.62. The maximum atomic E-state index is 14.1. The minimum Gasteiger partial charge on any atom is -0.475 e. The first kappa shape index (κ1) is 25.0. The van der Waals surface area contributed by atoms with Gasteiger partial charge in [0.05, 0.1) is 0 Å². The van der Waals surface area contributed by atoms with E-state index in [2.05, 4.69) is 10.2 Å². The molecule has 1 fully saturated rings. The summed E-state index contributed by atoms with van der Waals surface area (Å²) < 4.78 is 74.9. The van der Waals surface area contributed by atoms with Crippen LogP contribution < -0.4 is 16.3 Å². The molecule has 4 rings (SSSR count). The molecule has 3 heterocycles. The number of anilines is 1. The van der Waals surface area contributed by atoms with Gasteiger partial charge in [0.2, 0.25) is 0 Å². The highest BCUT2D eigenvalue weighted by Crippen LogP contribution is 2.32. The summed E-state index contributed by atoms with van der Waals surface area (Å²) in [5.74, 6) is -5.78. The molecule has 0 saturated carbocycles. The number of hydrogen-bond acceptors (Lipinski definition) is 6. The molecule has 1 aromatic carbocycles. The molecule has 0 unspecified atom stereocenters. The number of alkyl halides is 3. The molecule has 3 aromatic rings. The van der Waals surface area contributed by atoms with Crippen LogP contribution in [0.25, 0.3) is 5.65 Å². The van der Waals surface area contributed by atoms with Crippen molar-refractivity contribution >= 4 is 17.4 Å². The summed E-state index contributed by atoms with van der Waals surface area (Å²) >= 11 is 0. The highest BCUT2D eigenvalue weighted by Gasteiger charge is 2.38. The number of hydrogen-bond donors (Lipinski definition) is 2. The molecule has 2 atom stereocenters. The van der Waals surface area contributed by atoms with Crippen molar-refractivity contribution in [1.82, 2.24) is 19.4 Å². The first-order valence-corrected chi connectivity index (χ1v) is 9.67. The zero-order valence-corrected chi connectivity index (χ0v) is 17.4. The third kappa shape index (κ3) is 5.13. The van der Waals surface area contributed by atoms with Gasteiger partial charge in [0.1, 0.15) is 11.6 Å². The number of carboxylic acids is 1. The molecule has 1 aliphatic rings. The van der Waals surface area contributed by atoms with Crippen molar-refractivity contribution in [2.45, 2.75) is 24.6 Å². The number of fused-ring (bicyclic) bond motifs is 1. The number of aromatic nitrogens is 4. The third-order valence-corrected chi connectivity index (χ3v) is 5.18. The summed E-state index contributed by atoms with van der Waals surface area (Å²) in [5, 5.41) is 15.5. The number of benzene rings is 1. The highest BCUT2D eigenvalue weighted by molar-refractivity contribution is 5.73. The maximum absolute atomic E-state index is 14.1. The van der Waals surface area contributed by atoms with Gasteiger partial charge in [-0.3, -0.25) is 0 Å². The molecule has 15 heteroatoms. The molecule has 1 aliphatic heterocycles. The van der Waals surface area contributed by atoms with Crippen molar-refractivity contribution in [3.8, 4) is 0 Å². The van der Waals surface area contributed by atoms with E-state index < -0.39 is 41.6 Å². The van der Waals surface area contributed by atoms with E-state index in [1.165, 1.54) is 16.2 Å². The second kappa shape index (κ2) is 9.32.